The predicted molar refractivity (Wildman–Crippen MR) is 123 cm³/mol. The number of H-pyrrole nitrogens is 1. The van der Waals surface area contributed by atoms with Crippen LogP contribution in [-0.2, 0) is 17.9 Å². The van der Waals surface area contributed by atoms with Crippen molar-refractivity contribution in [2.75, 3.05) is 18.9 Å². The number of hydrogen-bond acceptors (Lipinski definition) is 6. The van der Waals surface area contributed by atoms with Gasteiger partial charge in [0, 0.05) is 23.8 Å². The Hall–Kier alpha value is -3.56. The minimum atomic E-state index is -0.269. The second-order valence-electron chi connectivity index (χ2n) is 8.48. The van der Waals surface area contributed by atoms with Crippen molar-refractivity contribution < 1.29 is 14.2 Å². The number of rotatable bonds is 5. The van der Waals surface area contributed by atoms with Gasteiger partial charge in [0.2, 0.25) is 5.65 Å². The minimum Gasteiger partial charge on any atom is -0.390 e. The van der Waals surface area contributed by atoms with Crippen LogP contribution in [0, 0.1) is 12.8 Å². The molecular weight excluding hydrogens is 420 g/mol. The van der Waals surface area contributed by atoms with E-state index >= 15 is 0 Å². The highest BCUT2D eigenvalue weighted by Crippen LogP contribution is 2.33. The molecule has 0 spiro atoms. The lowest BCUT2D eigenvalue weighted by Gasteiger charge is -2.20. The number of aliphatic hydroxyl groups excluding tert-OH is 1. The third-order valence-electron chi connectivity index (χ3n) is 6.02. The second kappa shape index (κ2) is 8.76. The van der Waals surface area contributed by atoms with E-state index in [4.69, 9.17) is 10.5 Å². The fourth-order valence-electron chi connectivity index (χ4n) is 4.53. The lowest BCUT2D eigenvalue weighted by molar-refractivity contribution is -0.516. The maximum absolute atomic E-state index is 13.3. The van der Waals surface area contributed by atoms with E-state index in [1.54, 1.807) is 4.68 Å². The van der Waals surface area contributed by atoms with E-state index in [1.165, 1.54) is 4.40 Å². The molecule has 4 N–H and O–H groups in total. The van der Waals surface area contributed by atoms with Crippen LogP contribution in [0.1, 0.15) is 24.2 Å². The highest BCUT2D eigenvalue weighted by molar-refractivity contribution is 5.88. The summed E-state index contributed by atoms with van der Waals surface area (Å²) in [5, 5.41) is 13.0. The lowest BCUT2D eigenvalue weighted by atomic mass is 9.99. The normalized spacial score (nSPS) is 16.4. The van der Waals surface area contributed by atoms with Gasteiger partial charge in [0.05, 0.1) is 31.0 Å². The van der Waals surface area contributed by atoms with Crippen LogP contribution in [0.25, 0.3) is 28.0 Å². The molecule has 0 saturated carbocycles. The fraction of sp³-hybridized carbons (Fsp3) is 0.333. The van der Waals surface area contributed by atoms with E-state index in [2.05, 4.69) is 15.1 Å². The van der Waals surface area contributed by atoms with Gasteiger partial charge in [-0.25, -0.2) is 9.89 Å². The number of nitrogens with one attached hydrogen (secondary N) is 1. The summed E-state index contributed by atoms with van der Waals surface area (Å²) in [6.45, 7) is 3.59. The van der Waals surface area contributed by atoms with Gasteiger partial charge in [-0.05, 0) is 37.5 Å². The molecule has 1 fully saturated rings. The molecule has 1 unspecified atom stereocenters. The Labute approximate surface area is 190 Å². The smallest absolute Gasteiger partial charge is 0.390 e. The molecule has 1 aliphatic rings. The van der Waals surface area contributed by atoms with Crippen molar-refractivity contribution in [3.63, 3.8) is 0 Å². The van der Waals surface area contributed by atoms with E-state index < -0.39 is 0 Å². The van der Waals surface area contributed by atoms with Crippen LogP contribution in [-0.4, -0.2) is 38.1 Å². The third-order valence-corrected chi connectivity index (χ3v) is 6.02. The summed E-state index contributed by atoms with van der Waals surface area (Å²) in [6.07, 6.45) is 1.99. The van der Waals surface area contributed by atoms with E-state index in [1.807, 2.05) is 49.4 Å². The van der Waals surface area contributed by atoms with Crippen molar-refractivity contribution in [3.8, 4) is 22.4 Å². The summed E-state index contributed by atoms with van der Waals surface area (Å²) in [5.41, 5.74) is 10.9. The molecule has 1 saturated heterocycles. The quantitative estimate of drug-likeness (QED) is 0.401. The van der Waals surface area contributed by atoms with E-state index in [0.29, 0.717) is 30.2 Å². The summed E-state index contributed by atoms with van der Waals surface area (Å²) >= 11 is 0. The fourth-order valence-corrected chi connectivity index (χ4v) is 4.53. The monoisotopic (exact) mass is 447 g/mol. The molecule has 9 heteroatoms. The van der Waals surface area contributed by atoms with Gasteiger partial charge in [0.25, 0.3) is 0 Å². The zero-order valence-electron chi connectivity index (χ0n) is 18.5. The third kappa shape index (κ3) is 4.01. The number of pyridine rings is 1. The van der Waals surface area contributed by atoms with Gasteiger partial charge >= 0.3 is 11.6 Å². The van der Waals surface area contributed by atoms with Crippen molar-refractivity contribution in [3.05, 3.63) is 64.3 Å². The Morgan fingerprint density at radius 1 is 1.24 bits per heavy atom. The molecule has 3 aromatic heterocycles. The number of anilines is 1. The molecule has 1 aromatic carbocycles. The van der Waals surface area contributed by atoms with Gasteiger partial charge in [-0.15, -0.1) is 9.38 Å². The average Bonchev–Trinajstić information content (AvgIpc) is 3.15. The molecule has 0 bridgehead atoms. The van der Waals surface area contributed by atoms with E-state index in [-0.39, 0.29) is 24.2 Å². The summed E-state index contributed by atoms with van der Waals surface area (Å²) in [6, 6.07) is 13.4. The number of fused-ring (bicyclic) bond motifs is 1. The number of aromatic nitrogens is 5. The number of nitrogens with zero attached hydrogens (tertiary/aromatic N) is 4. The second-order valence-corrected chi connectivity index (χ2v) is 8.48. The average molecular weight is 448 g/mol. The van der Waals surface area contributed by atoms with Crippen molar-refractivity contribution in [2.24, 2.45) is 5.92 Å². The van der Waals surface area contributed by atoms with Gasteiger partial charge in [0.1, 0.15) is 5.69 Å². The number of nitrogens with two attached hydrogens (primary N) is 1. The zero-order chi connectivity index (χ0) is 22.9. The van der Waals surface area contributed by atoms with E-state index in [0.717, 1.165) is 41.8 Å². The predicted octanol–water partition coefficient (Wildman–Crippen LogP) is 1.85. The maximum Gasteiger partial charge on any atom is 0.428 e. The molecule has 4 heterocycles. The van der Waals surface area contributed by atoms with Crippen LogP contribution < -0.4 is 15.8 Å². The van der Waals surface area contributed by atoms with Gasteiger partial charge in [-0.3, -0.25) is 4.98 Å². The van der Waals surface area contributed by atoms with Crippen LogP contribution in [0.5, 0.6) is 0 Å². The summed E-state index contributed by atoms with van der Waals surface area (Å²) in [7, 11) is 0. The summed E-state index contributed by atoms with van der Waals surface area (Å²) < 4.78 is 8.60. The van der Waals surface area contributed by atoms with Crippen molar-refractivity contribution in [1.82, 2.24) is 19.7 Å². The van der Waals surface area contributed by atoms with Crippen molar-refractivity contribution in [2.45, 2.75) is 32.9 Å². The molecule has 0 radical (unpaired) electrons. The summed E-state index contributed by atoms with van der Waals surface area (Å²) in [4.78, 5) is 22.4. The number of aromatic amines is 1. The first-order valence-corrected chi connectivity index (χ1v) is 11.1. The maximum atomic E-state index is 13.3. The molecule has 0 aliphatic carbocycles. The summed E-state index contributed by atoms with van der Waals surface area (Å²) in [5.74, 6) is 0.362. The number of aryl methyl sites for hydroxylation is 1. The molecule has 0 amide bonds. The molecule has 170 valence electrons. The minimum absolute atomic E-state index is 0.112. The van der Waals surface area contributed by atoms with E-state index in [9.17, 15) is 9.90 Å². The van der Waals surface area contributed by atoms with Crippen molar-refractivity contribution in [1.29, 1.82) is 0 Å². The van der Waals surface area contributed by atoms with Gasteiger partial charge < -0.3 is 15.6 Å². The van der Waals surface area contributed by atoms with Crippen LogP contribution in [0.2, 0.25) is 0 Å². The van der Waals surface area contributed by atoms with Gasteiger partial charge in [-0.2, -0.15) is 4.68 Å². The molecule has 5 rings (SSSR count). The van der Waals surface area contributed by atoms with Crippen LogP contribution in [0.3, 0.4) is 0 Å². The van der Waals surface area contributed by atoms with Crippen LogP contribution >= 0.6 is 0 Å². The largest absolute Gasteiger partial charge is 0.428 e. The first-order valence-electron chi connectivity index (χ1n) is 11.1. The molecule has 33 heavy (non-hydrogen) atoms. The van der Waals surface area contributed by atoms with Crippen LogP contribution in [0.15, 0.2) is 47.3 Å². The molecule has 1 atom stereocenters. The highest BCUT2D eigenvalue weighted by Gasteiger charge is 2.27. The highest BCUT2D eigenvalue weighted by atomic mass is 16.5. The SMILES string of the molecule is Cc1cc(-c2c(-c3ccccc3)nc(N)[n+]3c(=O)n(CC4CCCOC4)[nH]c23)cc(CO)n1. The zero-order valence-corrected chi connectivity index (χ0v) is 18.5. The first-order chi connectivity index (χ1) is 16.0. The Bertz CT molecular complexity index is 1360. The number of aliphatic hydroxyl groups is 1. The van der Waals surface area contributed by atoms with Crippen LogP contribution in [0.4, 0.5) is 5.95 Å². The van der Waals surface area contributed by atoms with Crippen molar-refractivity contribution >= 4 is 11.6 Å². The lowest BCUT2D eigenvalue weighted by Crippen LogP contribution is -2.45. The van der Waals surface area contributed by atoms with Gasteiger partial charge in [0.15, 0.2) is 0 Å². The molecular formula is C24H27N6O3+. The number of hydrogen-bond donors (Lipinski definition) is 3. The Balaban J connectivity index is 1.77. The topological polar surface area (TPSA) is 123 Å². The number of nitrogen functional groups attached to an aromatic ring is 1. The molecule has 1 aliphatic heterocycles. The molecule has 4 aromatic rings. The Morgan fingerprint density at radius 2 is 2.06 bits per heavy atom. The number of benzene rings is 1. The number of ether oxygens (including phenoxy) is 1. The first kappa shape index (κ1) is 21.3. The van der Waals surface area contributed by atoms with Gasteiger partial charge in [-0.1, -0.05) is 30.3 Å². The molecule has 9 nitrogen and oxygen atoms in total. The Kier molecular flexibility index (Phi) is 5.65. The standard InChI is InChI=1S/C24H26N6O3/c1-15-10-18(11-19(13-31)26-15)20-21(17-7-3-2-4-8-17)27-23(25)30-22(20)28-29(24(30)32)12-16-6-5-9-33-14-16/h2-4,7-8,10-11,16,31H,5-6,9,12-14H2,1H3,(H2,25,26,27,28)/p+1. The Morgan fingerprint density at radius 3 is 2.79 bits per heavy atom.